The quantitative estimate of drug-likeness (QED) is 0.282. The zero-order valence-corrected chi connectivity index (χ0v) is 16.2. The molecule has 0 aliphatic rings. The molecule has 150 valence electrons. The molecule has 6 nitrogen and oxygen atoms in total. The average Bonchev–Trinajstić information content (AvgIpc) is 3.19. The first-order valence-electron chi connectivity index (χ1n) is 7.95. The van der Waals surface area contributed by atoms with Gasteiger partial charge in [-0.1, -0.05) is 18.7 Å². The summed E-state index contributed by atoms with van der Waals surface area (Å²) in [7, 11) is 0. The molecular formula is C18H13F3N4O2S2. The van der Waals surface area contributed by atoms with Crippen LogP contribution in [0.15, 0.2) is 52.9 Å². The maximum absolute atomic E-state index is 12.9. The summed E-state index contributed by atoms with van der Waals surface area (Å²) in [6.45, 7) is 3.48. The predicted octanol–water partition coefficient (Wildman–Crippen LogP) is 5.13. The molecule has 0 radical (unpaired) electrons. The van der Waals surface area contributed by atoms with Gasteiger partial charge in [0.1, 0.15) is 6.07 Å². The molecule has 0 spiro atoms. The fraction of sp³-hybridized carbons (Fsp3) is 0.0556. The number of carbonyl (C=O) groups is 1. The van der Waals surface area contributed by atoms with Crippen molar-refractivity contribution in [2.75, 3.05) is 11.9 Å². The van der Waals surface area contributed by atoms with Gasteiger partial charge in [0.25, 0.3) is 5.91 Å². The summed E-state index contributed by atoms with van der Waals surface area (Å²) in [5.74, 6) is -0.777. The number of hydroxylamine groups is 1. The highest BCUT2D eigenvalue weighted by Crippen LogP contribution is 2.60. The first-order chi connectivity index (χ1) is 13.8. The number of aromatic nitrogens is 1. The number of halogens is 3. The van der Waals surface area contributed by atoms with Crippen LogP contribution in [0.1, 0.15) is 5.56 Å². The van der Waals surface area contributed by atoms with Crippen LogP contribution in [0, 0.1) is 11.3 Å². The SMILES string of the molecule is C=C(CNc1cc(-c2ccc(S(F)(F)F)cc2)c2ncsc2c1C#N)C(=O)NO. The summed E-state index contributed by atoms with van der Waals surface area (Å²) < 4.78 is 39.3. The Morgan fingerprint density at radius 1 is 1.31 bits per heavy atom. The molecule has 1 heterocycles. The second kappa shape index (κ2) is 8.12. The molecule has 2 aromatic carbocycles. The van der Waals surface area contributed by atoms with E-state index in [1.807, 2.05) is 0 Å². The minimum atomic E-state index is -5.32. The maximum Gasteiger partial charge on any atom is 0.271 e. The molecule has 0 bridgehead atoms. The van der Waals surface area contributed by atoms with E-state index in [0.29, 0.717) is 32.6 Å². The minimum absolute atomic E-state index is 0.0276. The van der Waals surface area contributed by atoms with Gasteiger partial charge in [-0.2, -0.15) is 5.26 Å². The number of nitrogens with one attached hydrogen (secondary N) is 2. The Hall–Kier alpha value is -3.07. The van der Waals surface area contributed by atoms with Crippen molar-refractivity contribution in [2.45, 2.75) is 4.90 Å². The van der Waals surface area contributed by atoms with Crippen LogP contribution >= 0.6 is 22.5 Å². The molecule has 3 N–H and O–H groups in total. The Bertz CT molecular complexity index is 1130. The average molecular weight is 438 g/mol. The van der Waals surface area contributed by atoms with Gasteiger partial charge < -0.3 is 5.32 Å². The van der Waals surface area contributed by atoms with Crippen LogP contribution in [-0.4, -0.2) is 22.6 Å². The lowest BCUT2D eigenvalue weighted by molar-refractivity contribution is -0.125. The van der Waals surface area contributed by atoms with Crippen LogP contribution < -0.4 is 10.8 Å². The molecule has 0 aliphatic heterocycles. The fourth-order valence-corrected chi connectivity index (χ4v) is 3.90. The van der Waals surface area contributed by atoms with Crippen molar-refractivity contribution < 1.29 is 21.7 Å². The van der Waals surface area contributed by atoms with E-state index in [-0.39, 0.29) is 12.1 Å². The van der Waals surface area contributed by atoms with Gasteiger partial charge in [-0.25, -0.2) is 10.5 Å². The molecule has 0 saturated carbocycles. The molecule has 3 rings (SSSR count). The lowest BCUT2D eigenvalue weighted by atomic mass is 10.0. The molecule has 11 heteroatoms. The lowest BCUT2D eigenvalue weighted by Crippen LogP contribution is -2.24. The van der Waals surface area contributed by atoms with Crippen molar-refractivity contribution in [1.82, 2.24) is 10.5 Å². The van der Waals surface area contributed by atoms with Crippen molar-refractivity contribution in [3.05, 3.63) is 53.6 Å². The summed E-state index contributed by atoms with van der Waals surface area (Å²) in [6.07, 6.45) is 0. The Morgan fingerprint density at radius 2 is 2.00 bits per heavy atom. The van der Waals surface area contributed by atoms with E-state index in [0.717, 1.165) is 12.1 Å². The smallest absolute Gasteiger partial charge is 0.271 e. The van der Waals surface area contributed by atoms with Crippen molar-refractivity contribution >= 4 is 44.3 Å². The molecule has 29 heavy (non-hydrogen) atoms. The van der Waals surface area contributed by atoms with Gasteiger partial charge in [0, 0.05) is 17.7 Å². The standard InChI is InChI=1S/C18H13F3N4O2S2/c1-10(18(26)25-27)8-23-15-6-13(16-17(14(15)7-22)28-9-24-16)11-2-4-12(5-3-11)29(19,20)21/h2-6,9,23,27H,1,8H2,(H,25,26). The van der Waals surface area contributed by atoms with E-state index in [4.69, 9.17) is 5.21 Å². The molecule has 0 aliphatic carbocycles. The Labute approximate surface area is 169 Å². The highest BCUT2D eigenvalue weighted by atomic mass is 32.3. The number of fused-ring (bicyclic) bond motifs is 1. The van der Waals surface area contributed by atoms with Gasteiger partial charge >= 0.3 is 0 Å². The van der Waals surface area contributed by atoms with Gasteiger partial charge in [0.05, 0.1) is 31.9 Å². The number of benzene rings is 2. The van der Waals surface area contributed by atoms with Gasteiger partial charge in [-0.05, 0) is 23.8 Å². The van der Waals surface area contributed by atoms with Crippen LogP contribution in [0.4, 0.5) is 17.3 Å². The third kappa shape index (κ3) is 4.19. The number of rotatable bonds is 6. The molecule has 0 fully saturated rings. The highest BCUT2D eigenvalue weighted by molar-refractivity contribution is 8.20. The summed E-state index contributed by atoms with van der Waals surface area (Å²) >= 11 is -4.10. The van der Waals surface area contributed by atoms with Crippen LogP contribution in [0.2, 0.25) is 0 Å². The Kier molecular flexibility index (Phi) is 5.78. The number of anilines is 1. The van der Waals surface area contributed by atoms with Crippen molar-refractivity contribution in [3.63, 3.8) is 0 Å². The van der Waals surface area contributed by atoms with Gasteiger partial charge in [0.2, 0.25) is 11.2 Å². The Morgan fingerprint density at radius 3 is 2.59 bits per heavy atom. The Balaban J connectivity index is 2.06. The molecular weight excluding hydrogens is 425 g/mol. The number of thiazole rings is 1. The lowest BCUT2D eigenvalue weighted by Gasteiger charge is -2.14. The monoisotopic (exact) mass is 438 g/mol. The summed E-state index contributed by atoms with van der Waals surface area (Å²) in [5, 5.41) is 21.1. The van der Waals surface area contributed by atoms with E-state index >= 15 is 0 Å². The summed E-state index contributed by atoms with van der Waals surface area (Å²) in [4.78, 5) is 15.0. The maximum atomic E-state index is 12.9. The van der Waals surface area contributed by atoms with E-state index in [9.17, 15) is 21.7 Å². The van der Waals surface area contributed by atoms with Crippen LogP contribution in [-0.2, 0) is 4.79 Å². The molecule has 1 aromatic heterocycles. The van der Waals surface area contributed by atoms with Crippen molar-refractivity contribution in [2.24, 2.45) is 0 Å². The molecule has 3 aromatic rings. The number of hydrogen-bond acceptors (Lipinski definition) is 6. The number of nitriles is 1. The van der Waals surface area contributed by atoms with Gasteiger partial charge in [0.15, 0.2) is 0 Å². The minimum Gasteiger partial charge on any atom is -0.380 e. The number of hydrogen-bond donors (Lipinski definition) is 3. The zero-order valence-electron chi connectivity index (χ0n) is 14.6. The second-order valence-corrected chi connectivity index (χ2v) is 7.96. The van der Waals surface area contributed by atoms with Crippen LogP contribution in [0.3, 0.4) is 0 Å². The highest BCUT2D eigenvalue weighted by Gasteiger charge is 2.24. The van der Waals surface area contributed by atoms with E-state index in [1.165, 1.54) is 28.9 Å². The van der Waals surface area contributed by atoms with Crippen LogP contribution in [0.25, 0.3) is 21.3 Å². The molecule has 1 amide bonds. The number of nitrogens with zero attached hydrogens (tertiary/aromatic N) is 2. The topological polar surface area (TPSA) is 98.0 Å². The van der Waals surface area contributed by atoms with Gasteiger partial charge in [-0.3, -0.25) is 10.0 Å². The number of amides is 1. The fourth-order valence-electron chi connectivity index (χ4n) is 2.64. The first-order valence-corrected chi connectivity index (χ1v) is 10.2. The first kappa shape index (κ1) is 20.7. The largest absolute Gasteiger partial charge is 0.380 e. The normalized spacial score (nSPS) is 11.7. The van der Waals surface area contributed by atoms with Crippen LogP contribution in [0.5, 0.6) is 0 Å². The predicted molar refractivity (Wildman–Crippen MR) is 107 cm³/mol. The third-order valence-electron chi connectivity index (χ3n) is 4.07. The van der Waals surface area contributed by atoms with E-state index in [1.54, 1.807) is 11.6 Å². The molecule has 0 atom stereocenters. The number of carbonyl (C=O) groups excluding carboxylic acids is 1. The van der Waals surface area contributed by atoms with E-state index in [2.05, 4.69) is 22.9 Å². The molecule has 0 saturated heterocycles. The van der Waals surface area contributed by atoms with E-state index < -0.39 is 22.0 Å². The molecule has 0 unspecified atom stereocenters. The summed E-state index contributed by atoms with van der Waals surface area (Å²) in [6, 6.07) is 8.43. The zero-order chi connectivity index (χ0) is 21.2. The van der Waals surface area contributed by atoms with Gasteiger partial charge in [-0.15, -0.1) is 23.0 Å². The van der Waals surface area contributed by atoms with Crippen molar-refractivity contribution in [1.29, 1.82) is 5.26 Å². The second-order valence-electron chi connectivity index (χ2n) is 5.82. The third-order valence-corrected chi connectivity index (χ3v) is 5.72. The van der Waals surface area contributed by atoms with Crippen molar-refractivity contribution in [3.8, 4) is 17.2 Å². The summed E-state index contributed by atoms with van der Waals surface area (Å²) in [5.41, 5.74) is 5.25.